The molecule has 5 aromatic carbocycles. The summed E-state index contributed by atoms with van der Waals surface area (Å²) in [6, 6.07) is 44.0. The molecule has 0 aliphatic carbocycles. The fourth-order valence-corrected chi connectivity index (χ4v) is 4.82. The largest absolute Gasteiger partial charge is 0.228 e. The lowest BCUT2D eigenvalue weighted by atomic mass is 9.97. The predicted molar refractivity (Wildman–Crippen MR) is 149 cm³/mol. The molecule has 3 heteroatoms. The highest BCUT2D eigenvalue weighted by Crippen LogP contribution is 2.36. The smallest absolute Gasteiger partial charge is 0.161 e. The first-order chi connectivity index (χ1) is 17.3. The fourth-order valence-electron chi connectivity index (χ4n) is 4.46. The van der Waals surface area contributed by atoms with E-state index in [0.29, 0.717) is 0 Å². The summed E-state index contributed by atoms with van der Waals surface area (Å²) in [7, 11) is 0. The van der Waals surface area contributed by atoms with Crippen LogP contribution < -0.4 is 0 Å². The molecule has 0 unspecified atom stereocenters. The van der Waals surface area contributed by atoms with Gasteiger partial charge in [-0.15, -0.1) is 0 Å². The van der Waals surface area contributed by atoms with E-state index in [1.165, 1.54) is 11.1 Å². The summed E-state index contributed by atoms with van der Waals surface area (Å²) in [5.74, 6) is 0.718. The molecule has 0 saturated carbocycles. The number of nitrogens with zero attached hydrogens (tertiary/aromatic N) is 2. The maximum Gasteiger partial charge on any atom is 0.161 e. The zero-order chi connectivity index (χ0) is 23.6. The zero-order valence-corrected chi connectivity index (χ0v) is 20.5. The van der Waals surface area contributed by atoms with Gasteiger partial charge in [-0.2, -0.15) is 0 Å². The Morgan fingerprint density at radius 2 is 1.11 bits per heavy atom. The third-order valence-corrected chi connectivity index (χ3v) is 6.65. The van der Waals surface area contributed by atoms with Crippen molar-refractivity contribution < 1.29 is 0 Å². The highest BCUT2D eigenvalue weighted by molar-refractivity contribution is 9.10. The van der Waals surface area contributed by atoms with Crippen LogP contribution in [0.5, 0.6) is 0 Å². The average molecular weight is 513 g/mol. The van der Waals surface area contributed by atoms with E-state index in [4.69, 9.17) is 9.97 Å². The Balaban J connectivity index is 1.58. The first-order valence-corrected chi connectivity index (χ1v) is 12.3. The maximum absolute atomic E-state index is 5.17. The van der Waals surface area contributed by atoms with Gasteiger partial charge in [0.1, 0.15) is 0 Å². The molecule has 0 aliphatic heterocycles. The summed E-state index contributed by atoms with van der Waals surface area (Å²) < 4.78 is 1.02. The normalized spacial score (nSPS) is 11.0. The molecule has 1 heterocycles. The van der Waals surface area contributed by atoms with Crippen LogP contribution in [0.4, 0.5) is 0 Å². The minimum Gasteiger partial charge on any atom is -0.228 e. The van der Waals surface area contributed by atoms with Crippen LogP contribution >= 0.6 is 15.9 Å². The minimum atomic E-state index is 0.718. The Bertz CT molecular complexity index is 1640. The molecule has 0 N–H and O–H groups in total. The van der Waals surface area contributed by atoms with Crippen molar-refractivity contribution in [3.8, 4) is 44.9 Å². The molecule has 35 heavy (non-hydrogen) atoms. The molecule has 1 aromatic heterocycles. The first kappa shape index (κ1) is 21.5. The molecule has 0 bridgehead atoms. The van der Waals surface area contributed by atoms with Crippen molar-refractivity contribution in [2.24, 2.45) is 0 Å². The van der Waals surface area contributed by atoms with Crippen molar-refractivity contribution in [1.29, 1.82) is 0 Å². The molecule has 166 valence electrons. The van der Waals surface area contributed by atoms with E-state index >= 15 is 0 Å². The molecule has 0 radical (unpaired) electrons. The molecule has 0 atom stereocenters. The van der Waals surface area contributed by atoms with Gasteiger partial charge in [-0.3, -0.25) is 0 Å². The van der Waals surface area contributed by atoms with E-state index in [2.05, 4.69) is 119 Å². The SMILES string of the molecule is Brc1ccc(-c2nc(-c3cccc(-c4ccccc4)c3)c3ccccc3n2)c(-c2ccccc2)c1. The van der Waals surface area contributed by atoms with Gasteiger partial charge in [-0.1, -0.05) is 113 Å². The molecule has 0 aliphatic rings. The van der Waals surface area contributed by atoms with Crippen molar-refractivity contribution in [2.75, 3.05) is 0 Å². The second kappa shape index (κ2) is 9.28. The zero-order valence-electron chi connectivity index (χ0n) is 18.9. The Morgan fingerprint density at radius 1 is 0.457 bits per heavy atom. The van der Waals surface area contributed by atoms with E-state index in [-0.39, 0.29) is 0 Å². The lowest BCUT2D eigenvalue weighted by Crippen LogP contribution is -1.97. The highest BCUT2D eigenvalue weighted by Gasteiger charge is 2.15. The number of fused-ring (bicyclic) bond motifs is 1. The van der Waals surface area contributed by atoms with Gasteiger partial charge in [0.25, 0.3) is 0 Å². The van der Waals surface area contributed by atoms with Gasteiger partial charge in [0.05, 0.1) is 11.2 Å². The Hall–Kier alpha value is -4.08. The van der Waals surface area contributed by atoms with Gasteiger partial charge >= 0.3 is 0 Å². The van der Waals surface area contributed by atoms with Crippen LogP contribution in [-0.4, -0.2) is 9.97 Å². The molecule has 0 fully saturated rings. The van der Waals surface area contributed by atoms with Crippen molar-refractivity contribution in [2.45, 2.75) is 0 Å². The number of hydrogen-bond donors (Lipinski definition) is 0. The van der Waals surface area contributed by atoms with E-state index in [1.807, 2.05) is 24.3 Å². The molecule has 0 saturated heterocycles. The number of rotatable bonds is 4. The van der Waals surface area contributed by atoms with Crippen molar-refractivity contribution in [3.63, 3.8) is 0 Å². The van der Waals surface area contributed by atoms with E-state index < -0.39 is 0 Å². The van der Waals surface area contributed by atoms with E-state index in [9.17, 15) is 0 Å². The number of hydrogen-bond acceptors (Lipinski definition) is 2. The molecule has 6 rings (SSSR count). The Kier molecular flexibility index (Phi) is 5.69. The van der Waals surface area contributed by atoms with Gasteiger partial charge in [-0.25, -0.2) is 9.97 Å². The maximum atomic E-state index is 5.17. The van der Waals surface area contributed by atoms with Crippen LogP contribution in [0, 0.1) is 0 Å². The average Bonchev–Trinajstić information content (AvgIpc) is 2.93. The molecule has 2 nitrogen and oxygen atoms in total. The van der Waals surface area contributed by atoms with E-state index in [1.54, 1.807) is 0 Å². The van der Waals surface area contributed by atoms with Gasteiger partial charge < -0.3 is 0 Å². The Labute approximate surface area is 213 Å². The second-order valence-electron chi connectivity index (χ2n) is 8.42. The lowest BCUT2D eigenvalue weighted by molar-refractivity contribution is 1.23. The van der Waals surface area contributed by atoms with Crippen molar-refractivity contribution in [3.05, 3.63) is 132 Å². The summed E-state index contributed by atoms with van der Waals surface area (Å²) in [5.41, 5.74) is 8.53. The molecular formula is C32H21BrN2. The molecular weight excluding hydrogens is 492 g/mol. The summed E-state index contributed by atoms with van der Waals surface area (Å²) in [5, 5.41) is 1.04. The highest BCUT2D eigenvalue weighted by atomic mass is 79.9. The van der Waals surface area contributed by atoms with Gasteiger partial charge in [0, 0.05) is 21.0 Å². The van der Waals surface area contributed by atoms with Gasteiger partial charge in [0.15, 0.2) is 5.82 Å². The van der Waals surface area contributed by atoms with Crippen LogP contribution in [0.1, 0.15) is 0 Å². The molecule has 6 aromatic rings. The van der Waals surface area contributed by atoms with Crippen LogP contribution in [0.3, 0.4) is 0 Å². The van der Waals surface area contributed by atoms with Crippen LogP contribution in [0.2, 0.25) is 0 Å². The van der Waals surface area contributed by atoms with Crippen molar-refractivity contribution >= 4 is 26.8 Å². The minimum absolute atomic E-state index is 0.718. The van der Waals surface area contributed by atoms with Gasteiger partial charge in [0.2, 0.25) is 0 Å². The monoisotopic (exact) mass is 512 g/mol. The quantitative estimate of drug-likeness (QED) is 0.235. The van der Waals surface area contributed by atoms with Crippen LogP contribution in [0.25, 0.3) is 55.8 Å². The summed E-state index contributed by atoms with van der Waals surface area (Å²) in [6.07, 6.45) is 0. The standard InChI is InChI=1S/C32H21BrN2/c33-26-18-19-27(29(21-26)23-12-5-2-6-13-23)32-34-30-17-8-7-16-28(30)31(35-32)25-15-9-14-24(20-25)22-10-3-1-4-11-22/h1-21H. The summed E-state index contributed by atoms with van der Waals surface area (Å²) in [4.78, 5) is 10.2. The fraction of sp³-hybridized carbons (Fsp3) is 0. The number of halogens is 1. The molecule has 0 spiro atoms. The van der Waals surface area contributed by atoms with Gasteiger partial charge in [-0.05, 0) is 52.6 Å². The van der Waals surface area contributed by atoms with Crippen LogP contribution in [-0.2, 0) is 0 Å². The summed E-state index contributed by atoms with van der Waals surface area (Å²) in [6.45, 7) is 0. The van der Waals surface area contributed by atoms with E-state index in [0.717, 1.165) is 49.1 Å². The third-order valence-electron chi connectivity index (χ3n) is 6.15. The lowest BCUT2D eigenvalue weighted by Gasteiger charge is -2.14. The van der Waals surface area contributed by atoms with Crippen LogP contribution in [0.15, 0.2) is 132 Å². The number of aromatic nitrogens is 2. The third kappa shape index (κ3) is 4.27. The first-order valence-electron chi connectivity index (χ1n) is 11.5. The Morgan fingerprint density at radius 3 is 1.91 bits per heavy atom. The predicted octanol–water partition coefficient (Wildman–Crippen LogP) is 9.06. The second-order valence-corrected chi connectivity index (χ2v) is 9.33. The van der Waals surface area contributed by atoms with Crippen molar-refractivity contribution in [1.82, 2.24) is 9.97 Å². The number of para-hydroxylation sites is 1. The topological polar surface area (TPSA) is 25.8 Å². The molecule has 0 amide bonds. The number of benzene rings is 5. The summed E-state index contributed by atoms with van der Waals surface area (Å²) >= 11 is 3.65.